The Bertz CT molecular complexity index is 316. The third-order valence-corrected chi connectivity index (χ3v) is 2.16. The first-order chi connectivity index (χ1) is 6.66. The number of aryl methyl sites for hydroxylation is 1. The van der Waals surface area contributed by atoms with Crippen LogP contribution in [0.4, 0.5) is 5.82 Å². The average Bonchev–Trinajstić information content (AvgIpc) is 2.15. The van der Waals surface area contributed by atoms with E-state index in [1.807, 2.05) is 13.0 Å². The lowest BCUT2D eigenvalue weighted by molar-refractivity contribution is -0.658. The molecule has 0 saturated carbocycles. The number of nitrogens with zero attached hydrogens (tertiary/aromatic N) is 2. The fourth-order valence-corrected chi connectivity index (χ4v) is 1.46. The molecule has 0 spiro atoms. The lowest BCUT2D eigenvalue weighted by Crippen LogP contribution is -2.39. The molecule has 0 atom stereocenters. The molecule has 0 unspecified atom stereocenters. The largest absolute Gasteiger partial charge is 0.281 e. The van der Waals surface area contributed by atoms with Gasteiger partial charge in [-0.1, -0.05) is 6.07 Å². The third kappa shape index (κ3) is 2.34. The highest BCUT2D eigenvalue weighted by molar-refractivity contribution is 5.37. The molecule has 0 amide bonds. The molecule has 0 fully saturated rings. The molecule has 1 aromatic heterocycles. The van der Waals surface area contributed by atoms with Gasteiger partial charge >= 0.3 is 0 Å². The molecule has 2 nitrogen and oxygen atoms in total. The van der Waals surface area contributed by atoms with Gasteiger partial charge in [-0.3, -0.25) is 0 Å². The minimum atomic E-state index is 0.472. The molecule has 0 aliphatic rings. The second-order valence-corrected chi connectivity index (χ2v) is 3.65. The predicted octanol–water partition coefficient (Wildman–Crippen LogP) is 2.26. The minimum absolute atomic E-state index is 0.472. The molecule has 0 aliphatic heterocycles. The number of anilines is 1. The summed E-state index contributed by atoms with van der Waals surface area (Å²) < 4.78 is 2.12. The lowest BCUT2D eigenvalue weighted by atomic mass is 10.3. The average molecular weight is 191 g/mol. The fourth-order valence-electron chi connectivity index (χ4n) is 1.46. The van der Waals surface area contributed by atoms with Gasteiger partial charge in [0.25, 0.3) is 5.82 Å². The maximum absolute atomic E-state index is 2.25. The van der Waals surface area contributed by atoms with Gasteiger partial charge in [0.15, 0.2) is 0 Å². The standard InChI is InChI=1S/C12H19N2/c1-5-9-14(11(2)3)12-8-6-7-10-13(12)4/h5-11H,1-4H3/q+1/b9-5-. The first kappa shape index (κ1) is 10.8. The zero-order chi connectivity index (χ0) is 10.6. The van der Waals surface area contributed by atoms with Crippen LogP contribution in [-0.4, -0.2) is 6.04 Å². The van der Waals surface area contributed by atoms with Crippen LogP contribution in [0.15, 0.2) is 36.7 Å². The Balaban J connectivity index is 3.05. The van der Waals surface area contributed by atoms with Crippen molar-refractivity contribution in [1.29, 1.82) is 0 Å². The van der Waals surface area contributed by atoms with Crippen molar-refractivity contribution >= 4 is 5.82 Å². The molecular formula is C12H19N2+. The number of aromatic nitrogens is 1. The van der Waals surface area contributed by atoms with E-state index in [1.165, 1.54) is 5.82 Å². The molecular weight excluding hydrogens is 172 g/mol. The van der Waals surface area contributed by atoms with E-state index in [-0.39, 0.29) is 0 Å². The van der Waals surface area contributed by atoms with Crippen LogP contribution in [-0.2, 0) is 7.05 Å². The van der Waals surface area contributed by atoms with Gasteiger partial charge in [-0.05, 0) is 32.9 Å². The summed E-state index contributed by atoms with van der Waals surface area (Å²) in [5.74, 6) is 1.21. The van der Waals surface area contributed by atoms with Gasteiger partial charge in [0.1, 0.15) is 0 Å². The summed E-state index contributed by atoms with van der Waals surface area (Å²) in [5.41, 5.74) is 0. The lowest BCUT2D eigenvalue weighted by Gasteiger charge is -2.17. The number of hydrogen-bond donors (Lipinski definition) is 0. The van der Waals surface area contributed by atoms with Crippen LogP contribution < -0.4 is 9.47 Å². The van der Waals surface area contributed by atoms with Crippen LogP contribution in [0.3, 0.4) is 0 Å². The zero-order valence-electron chi connectivity index (χ0n) is 9.44. The molecule has 2 heteroatoms. The molecule has 0 N–H and O–H groups in total. The summed E-state index contributed by atoms with van der Waals surface area (Å²) in [5, 5.41) is 0. The second-order valence-electron chi connectivity index (χ2n) is 3.65. The SMILES string of the molecule is C/C=C\N(c1cccc[n+]1C)C(C)C. The number of pyridine rings is 1. The van der Waals surface area contributed by atoms with Gasteiger partial charge in [-0.15, -0.1) is 0 Å². The quantitative estimate of drug-likeness (QED) is 0.665. The third-order valence-electron chi connectivity index (χ3n) is 2.16. The highest BCUT2D eigenvalue weighted by Gasteiger charge is 2.17. The molecule has 76 valence electrons. The van der Waals surface area contributed by atoms with E-state index in [4.69, 9.17) is 0 Å². The Morgan fingerprint density at radius 1 is 1.36 bits per heavy atom. The van der Waals surface area contributed by atoms with Crippen LogP contribution >= 0.6 is 0 Å². The van der Waals surface area contributed by atoms with E-state index < -0.39 is 0 Å². The van der Waals surface area contributed by atoms with E-state index in [0.717, 1.165) is 0 Å². The summed E-state index contributed by atoms with van der Waals surface area (Å²) in [7, 11) is 2.06. The van der Waals surface area contributed by atoms with Crippen molar-refractivity contribution in [3.05, 3.63) is 36.7 Å². The van der Waals surface area contributed by atoms with Crippen molar-refractivity contribution in [2.24, 2.45) is 7.05 Å². The number of hydrogen-bond acceptors (Lipinski definition) is 1. The van der Waals surface area contributed by atoms with Gasteiger partial charge < -0.3 is 0 Å². The molecule has 0 aliphatic carbocycles. The monoisotopic (exact) mass is 191 g/mol. The van der Waals surface area contributed by atoms with Crippen molar-refractivity contribution in [3.63, 3.8) is 0 Å². The Morgan fingerprint density at radius 3 is 2.57 bits per heavy atom. The van der Waals surface area contributed by atoms with Gasteiger partial charge in [0.05, 0.1) is 25.5 Å². The first-order valence-electron chi connectivity index (χ1n) is 5.02. The van der Waals surface area contributed by atoms with Gasteiger partial charge in [-0.25, -0.2) is 9.47 Å². The molecule has 0 radical (unpaired) electrons. The van der Waals surface area contributed by atoms with Crippen LogP contribution in [0.1, 0.15) is 20.8 Å². The first-order valence-corrected chi connectivity index (χ1v) is 5.02. The maximum Gasteiger partial charge on any atom is 0.281 e. The molecule has 0 bridgehead atoms. The Morgan fingerprint density at radius 2 is 2.07 bits per heavy atom. The fraction of sp³-hybridized carbons (Fsp3) is 0.417. The molecule has 14 heavy (non-hydrogen) atoms. The van der Waals surface area contributed by atoms with Crippen molar-refractivity contribution in [3.8, 4) is 0 Å². The summed E-state index contributed by atoms with van der Waals surface area (Å²) in [6.45, 7) is 6.42. The molecule has 1 heterocycles. The van der Waals surface area contributed by atoms with Gasteiger partial charge in [0, 0.05) is 6.07 Å². The summed E-state index contributed by atoms with van der Waals surface area (Å²) >= 11 is 0. The van der Waals surface area contributed by atoms with Crippen molar-refractivity contribution in [2.45, 2.75) is 26.8 Å². The summed E-state index contributed by atoms with van der Waals surface area (Å²) in [4.78, 5) is 2.25. The van der Waals surface area contributed by atoms with E-state index in [2.05, 4.69) is 61.0 Å². The van der Waals surface area contributed by atoms with Gasteiger partial charge in [-0.2, -0.15) is 0 Å². The Labute approximate surface area is 86.5 Å². The molecule has 1 rings (SSSR count). The molecule has 0 aromatic carbocycles. The zero-order valence-corrected chi connectivity index (χ0v) is 9.44. The van der Waals surface area contributed by atoms with E-state index >= 15 is 0 Å². The summed E-state index contributed by atoms with van der Waals surface area (Å²) in [6.07, 6.45) is 6.24. The maximum atomic E-state index is 2.25. The van der Waals surface area contributed by atoms with Crippen molar-refractivity contribution < 1.29 is 4.57 Å². The topological polar surface area (TPSA) is 7.12 Å². The smallest absolute Gasteiger partial charge is 0.237 e. The predicted molar refractivity (Wildman–Crippen MR) is 60.0 cm³/mol. The Kier molecular flexibility index (Phi) is 3.69. The Hall–Kier alpha value is -1.31. The van der Waals surface area contributed by atoms with Crippen molar-refractivity contribution in [2.75, 3.05) is 4.90 Å². The van der Waals surface area contributed by atoms with Crippen LogP contribution in [0.5, 0.6) is 0 Å². The minimum Gasteiger partial charge on any atom is -0.237 e. The molecule has 0 saturated heterocycles. The number of rotatable bonds is 3. The van der Waals surface area contributed by atoms with Crippen LogP contribution in [0.25, 0.3) is 0 Å². The summed E-state index contributed by atoms with van der Waals surface area (Å²) in [6, 6.07) is 6.70. The van der Waals surface area contributed by atoms with E-state index in [1.54, 1.807) is 0 Å². The van der Waals surface area contributed by atoms with Crippen molar-refractivity contribution in [1.82, 2.24) is 0 Å². The molecule has 1 aromatic rings. The highest BCUT2D eigenvalue weighted by atomic mass is 15.2. The van der Waals surface area contributed by atoms with E-state index in [9.17, 15) is 0 Å². The normalized spacial score (nSPS) is 11.2. The second kappa shape index (κ2) is 4.80. The number of allylic oxidation sites excluding steroid dienone is 1. The van der Waals surface area contributed by atoms with Crippen LogP contribution in [0, 0.1) is 0 Å². The van der Waals surface area contributed by atoms with Crippen LogP contribution in [0.2, 0.25) is 0 Å². The highest BCUT2D eigenvalue weighted by Crippen LogP contribution is 2.11. The van der Waals surface area contributed by atoms with Gasteiger partial charge in [0.2, 0.25) is 0 Å². The van der Waals surface area contributed by atoms with E-state index in [0.29, 0.717) is 6.04 Å².